The van der Waals surface area contributed by atoms with Gasteiger partial charge in [0.1, 0.15) is 0 Å². The van der Waals surface area contributed by atoms with Crippen LogP contribution in [0.15, 0.2) is 77.7 Å². The largest absolute Gasteiger partial charge is 0.322 e. The van der Waals surface area contributed by atoms with Gasteiger partial charge in [-0.2, -0.15) is 0 Å². The summed E-state index contributed by atoms with van der Waals surface area (Å²) in [4.78, 5) is 24.6. The number of Topliss-reactive ketones (excluding diaryl/α,β-unsaturated/α-hetero) is 1. The monoisotopic (exact) mass is 434 g/mol. The predicted octanol–water partition coefficient (Wildman–Crippen LogP) is 4.28. The van der Waals surface area contributed by atoms with E-state index in [1.807, 2.05) is 0 Å². The van der Waals surface area contributed by atoms with Crippen LogP contribution >= 0.6 is 0 Å². The van der Waals surface area contributed by atoms with Crippen LogP contribution in [0.2, 0.25) is 0 Å². The van der Waals surface area contributed by atoms with Crippen LogP contribution in [0, 0.1) is 0 Å². The molecule has 0 bridgehead atoms. The number of sulfonamides is 1. The minimum Gasteiger partial charge on any atom is -0.322 e. The Balaban J connectivity index is 1.61. The molecule has 0 radical (unpaired) electrons. The topological polar surface area (TPSA) is 83.6 Å². The van der Waals surface area contributed by atoms with E-state index in [1.165, 1.54) is 11.2 Å². The standard InChI is InChI=1S/C24H22N2O4S/c1-17(27)18-7-5-9-21(16-18)25-24(28)20-12-13-23-19(15-20)8-6-14-26(23)31(29,30)22-10-3-2-4-11-22/h2-5,7,9-13,15-16H,6,8,14H2,1H3,(H,25,28). The lowest BCUT2D eigenvalue weighted by atomic mass is 10.0. The van der Waals surface area contributed by atoms with E-state index >= 15 is 0 Å². The zero-order valence-electron chi connectivity index (χ0n) is 17.0. The quantitative estimate of drug-likeness (QED) is 0.608. The second kappa shape index (κ2) is 8.35. The van der Waals surface area contributed by atoms with Gasteiger partial charge in [0.2, 0.25) is 0 Å². The van der Waals surface area contributed by atoms with Gasteiger partial charge in [0.25, 0.3) is 15.9 Å². The summed E-state index contributed by atoms with van der Waals surface area (Å²) in [6, 6.07) is 20.2. The molecule has 1 aliphatic heterocycles. The number of anilines is 2. The number of ketones is 1. The van der Waals surface area contributed by atoms with Crippen molar-refractivity contribution in [3.05, 3.63) is 89.5 Å². The van der Waals surface area contributed by atoms with E-state index in [0.717, 1.165) is 5.56 Å². The average molecular weight is 435 g/mol. The smallest absolute Gasteiger partial charge is 0.264 e. The highest BCUT2D eigenvalue weighted by molar-refractivity contribution is 7.92. The minimum absolute atomic E-state index is 0.0791. The molecule has 1 N–H and O–H groups in total. The van der Waals surface area contributed by atoms with Gasteiger partial charge in [0, 0.05) is 23.4 Å². The highest BCUT2D eigenvalue weighted by atomic mass is 32.2. The third-order valence-electron chi connectivity index (χ3n) is 5.28. The Hall–Kier alpha value is -3.45. The van der Waals surface area contributed by atoms with Crippen LogP contribution in [0.1, 0.15) is 39.6 Å². The molecule has 0 fully saturated rings. The molecule has 3 aromatic rings. The minimum atomic E-state index is -3.67. The van der Waals surface area contributed by atoms with Crippen LogP contribution in [0.3, 0.4) is 0 Å². The lowest BCUT2D eigenvalue weighted by molar-refractivity contribution is 0.101. The number of rotatable bonds is 5. The zero-order chi connectivity index (χ0) is 22.0. The molecule has 0 aliphatic carbocycles. The number of nitrogens with zero attached hydrogens (tertiary/aromatic N) is 1. The number of hydrogen-bond acceptors (Lipinski definition) is 4. The molecule has 0 unspecified atom stereocenters. The Morgan fingerprint density at radius 2 is 1.68 bits per heavy atom. The molecule has 1 aliphatic rings. The first-order valence-electron chi connectivity index (χ1n) is 9.99. The summed E-state index contributed by atoms with van der Waals surface area (Å²) >= 11 is 0. The molecule has 1 heterocycles. The Labute approximate surface area is 181 Å². The van der Waals surface area contributed by atoms with Crippen molar-refractivity contribution in [2.45, 2.75) is 24.7 Å². The summed E-state index contributed by atoms with van der Waals surface area (Å²) in [5.74, 6) is -0.392. The van der Waals surface area contributed by atoms with Crippen LogP contribution in [0.25, 0.3) is 0 Å². The number of fused-ring (bicyclic) bond motifs is 1. The van der Waals surface area contributed by atoms with E-state index in [0.29, 0.717) is 41.9 Å². The molecule has 4 rings (SSSR count). The molecule has 0 saturated heterocycles. The fourth-order valence-electron chi connectivity index (χ4n) is 3.69. The van der Waals surface area contributed by atoms with Crippen LogP contribution in [-0.4, -0.2) is 26.7 Å². The van der Waals surface area contributed by atoms with Gasteiger partial charge in [0.15, 0.2) is 5.78 Å². The maximum absolute atomic E-state index is 13.1. The molecule has 3 aromatic carbocycles. The van der Waals surface area contributed by atoms with Gasteiger partial charge in [-0.1, -0.05) is 30.3 Å². The Morgan fingerprint density at radius 3 is 2.42 bits per heavy atom. The average Bonchev–Trinajstić information content (AvgIpc) is 2.79. The molecular weight excluding hydrogens is 412 g/mol. The molecule has 0 atom stereocenters. The van der Waals surface area contributed by atoms with Crippen LogP contribution < -0.4 is 9.62 Å². The summed E-state index contributed by atoms with van der Waals surface area (Å²) < 4.78 is 27.6. The van der Waals surface area contributed by atoms with Gasteiger partial charge < -0.3 is 5.32 Å². The van der Waals surface area contributed by atoms with Gasteiger partial charge >= 0.3 is 0 Å². The van der Waals surface area contributed by atoms with Gasteiger partial charge in [-0.3, -0.25) is 13.9 Å². The summed E-state index contributed by atoms with van der Waals surface area (Å²) in [6.07, 6.45) is 1.36. The van der Waals surface area contributed by atoms with Crippen molar-refractivity contribution in [1.29, 1.82) is 0 Å². The summed E-state index contributed by atoms with van der Waals surface area (Å²) in [7, 11) is -3.67. The molecule has 1 amide bonds. The number of carbonyl (C=O) groups excluding carboxylic acids is 2. The predicted molar refractivity (Wildman–Crippen MR) is 120 cm³/mol. The third kappa shape index (κ3) is 4.22. The van der Waals surface area contributed by atoms with Crippen molar-refractivity contribution in [3.8, 4) is 0 Å². The molecule has 0 aromatic heterocycles. The van der Waals surface area contributed by atoms with E-state index < -0.39 is 10.0 Å². The Morgan fingerprint density at radius 1 is 0.903 bits per heavy atom. The number of carbonyl (C=O) groups is 2. The second-order valence-electron chi connectivity index (χ2n) is 7.43. The van der Waals surface area contributed by atoms with Crippen molar-refractivity contribution in [3.63, 3.8) is 0 Å². The van der Waals surface area contributed by atoms with Crippen molar-refractivity contribution in [2.24, 2.45) is 0 Å². The highest BCUT2D eigenvalue weighted by Crippen LogP contribution is 2.32. The van der Waals surface area contributed by atoms with Crippen LogP contribution in [0.5, 0.6) is 0 Å². The first kappa shape index (κ1) is 20.8. The highest BCUT2D eigenvalue weighted by Gasteiger charge is 2.29. The van der Waals surface area contributed by atoms with Crippen molar-refractivity contribution >= 4 is 33.1 Å². The molecule has 158 valence electrons. The number of benzene rings is 3. The normalized spacial score (nSPS) is 13.4. The van der Waals surface area contributed by atoms with Crippen molar-refractivity contribution in [2.75, 3.05) is 16.2 Å². The van der Waals surface area contributed by atoms with E-state index in [2.05, 4.69) is 5.32 Å². The first-order chi connectivity index (χ1) is 14.9. The second-order valence-corrected chi connectivity index (χ2v) is 9.29. The maximum Gasteiger partial charge on any atom is 0.264 e. The molecule has 6 nitrogen and oxygen atoms in total. The molecule has 7 heteroatoms. The van der Waals surface area contributed by atoms with Gasteiger partial charge in [-0.05, 0) is 67.8 Å². The van der Waals surface area contributed by atoms with Crippen LogP contribution in [-0.2, 0) is 16.4 Å². The fourth-order valence-corrected chi connectivity index (χ4v) is 5.25. The van der Waals surface area contributed by atoms with Crippen molar-refractivity contribution in [1.82, 2.24) is 0 Å². The number of amides is 1. The SMILES string of the molecule is CC(=O)c1cccc(NC(=O)c2ccc3c(c2)CCCN3S(=O)(=O)c2ccccc2)c1. The summed E-state index contributed by atoms with van der Waals surface area (Å²) in [5.41, 5.74) is 2.90. The van der Waals surface area contributed by atoms with Gasteiger partial charge in [0.05, 0.1) is 10.6 Å². The number of hydrogen-bond donors (Lipinski definition) is 1. The third-order valence-corrected chi connectivity index (χ3v) is 7.10. The number of aryl methyl sites for hydroxylation is 1. The lowest BCUT2D eigenvalue weighted by Crippen LogP contribution is -2.35. The first-order valence-corrected chi connectivity index (χ1v) is 11.4. The summed E-state index contributed by atoms with van der Waals surface area (Å²) in [6.45, 7) is 1.87. The molecule has 31 heavy (non-hydrogen) atoms. The summed E-state index contributed by atoms with van der Waals surface area (Å²) in [5, 5.41) is 2.80. The fraction of sp³-hybridized carbons (Fsp3) is 0.167. The molecule has 0 saturated carbocycles. The maximum atomic E-state index is 13.1. The van der Waals surface area contributed by atoms with E-state index in [-0.39, 0.29) is 16.6 Å². The van der Waals surface area contributed by atoms with Gasteiger partial charge in [-0.25, -0.2) is 8.42 Å². The lowest BCUT2D eigenvalue weighted by Gasteiger charge is -2.30. The Kier molecular flexibility index (Phi) is 5.61. The molecular formula is C24H22N2O4S. The van der Waals surface area contributed by atoms with Crippen LogP contribution in [0.4, 0.5) is 11.4 Å². The van der Waals surface area contributed by atoms with E-state index in [1.54, 1.807) is 72.8 Å². The van der Waals surface area contributed by atoms with E-state index in [9.17, 15) is 18.0 Å². The van der Waals surface area contributed by atoms with Gasteiger partial charge in [-0.15, -0.1) is 0 Å². The van der Waals surface area contributed by atoms with Crippen molar-refractivity contribution < 1.29 is 18.0 Å². The van der Waals surface area contributed by atoms with E-state index in [4.69, 9.17) is 0 Å². The zero-order valence-corrected chi connectivity index (χ0v) is 17.9. The number of nitrogens with one attached hydrogen (secondary N) is 1. The molecule has 0 spiro atoms. The Bertz CT molecular complexity index is 1250.